The lowest BCUT2D eigenvalue weighted by atomic mass is 9.86. The van der Waals surface area contributed by atoms with Crippen molar-refractivity contribution in [3.05, 3.63) is 30.1 Å². The fraction of sp³-hybridized carbons (Fsp3) is 0.579. The van der Waals surface area contributed by atoms with Gasteiger partial charge in [-0.1, -0.05) is 25.8 Å². The van der Waals surface area contributed by atoms with Crippen molar-refractivity contribution in [2.45, 2.75) is 51.6 Å². The molecule has 5 nitrogen and oxygen atoms in total. The molecule has 1 aliphatic rings. The van der Waals surface area contributed by atoms with Crippen molar-refractivity contribution in [1.82, 2.24) is 10.2 Å². The molecule has 0 spiro atoms. The Balaban J connectivity index is 1.83. The number of nitrogens with one attached hydrogen (secondary N) is 2. The molecule has 3 atom stereocenters. The zero-order valence-corrected chi connectivity index (χ0v) is 15.2. The van der Waals surface area contributed by atoms with Crippen LogP contribution in [-0.4, -0.2) is 42.4 Å². The van der Waals surface area contributed by atoms with Gasteiger partial charge in [0.05, 0.1) is 12.6 Å². The van der Waals surface area contributed by atoms with Gasteiger partial charge in [-0.05, 0) is 50.9 Å². The van der Waals surface area contributed by atoms with Gasteiger partial charge in [-0.3, -0.25) is 14.5 Å². The second kappa shape index (κ2) is 8.94. The third-order valence-corrected chi connectivity index (χ3v) is 4.98. The van der Waals surface area contributed by atoms with E-state index >= 15 is 0 Å². The molecule has 0 aromatic heterocycles. The van der Waals surface area contributed by atoms with Gasteiger partial charge in [0.15, 0.2) is 0 Å². The molecule has 25 heavy (non-hydrogen) atoms. The van der Waals surface area contributed by atoms with Gasteiger partial charge in [0, 0.05) is 11.7 Å². The number of halogens is 1. The molecule has 0 bridgehead atoms. The van der Waals surface area contributed by atoms with Crippen LogP contribution in [0, 0.1) is 11.7 Å². The SMILES string of the molecule is C[C@H](C(=O)N[C@H]1CCCC[C@@H]1C)N(C)CC(=O)Nc1cccc(F)c1. The molecule has 1 saturated carbocycles. The topological polar surface area (TPSA) is 61.4 Å². The molecule has 1 aliphatic carbocycles. The van der Waals surface area contributed by atoms with Gasteiger partial charge in [0.1, 0.15) is 5.82 Å². The van der Waals surface area contributed by atoms with E-state index in [0.717, 1.165) is 19.3 Å². The summed E-state index contributed by atoms with van der Waals surface area (Å²) in [7, 11) is 1.74. The Morgan fingerprint density at radius 2 is 2.04 bits per heavy atom. The fourth-order valence-corrected chi connectivity index (χ4v) is 3.16. The highest BCUT2D eigenvalue weighted by atomic mass is 19.1. The Bertz CT molecular complexity index is 608. The van der Waals surface area contributed by atoms with Crippen LogP contribution >= 0.6 is 0 Å². The summed E-state index contributed by atoms with van der Waals surface area (Å²) in [5, 5.41) is 5.76. The lowest BCUT2D eigenvalue weighted by molar-refractivity contribution is -0.127. The number of carbonyl (C=O) groups is 2. The standard InChI is InChI=1S/C19H28FN3O2/c1-13-7-4-5-10-17(13)22-19(25)14(2)23(3)12-18(24)21-16-9-6-8-15(20)11-16/h6,8-9,11,13-14,17H,4-5,7,10,12H2,1-3H3,(H,21,24)(H,22,25)/t13-,14+,17-/m0/s1. The zero-order chi connectivity index (χ0) is 18.4. The lowest BCUT2D eigenvalue weighted by Crippen LogP contribution is -2.50. The molecule has 6 heteroatoms. The molecule has 0 aliphatic heterocycles. The molecule has 1 aromatic rings. The van der Waals surface area contributed by atoms with Crippen molar-refractivity contribution >= 4 is 17.5 Å². The number of benzene rings is 1. The van der Waals surface area contributed by atoms with Crippen LogP contribution < -0.4 is 10.6 Å². The van der Waals surface area contributed by atoms with Crippen molar-refractivity contribution in [2.24, 2.45) is 5.92 Å². The van der Waals surface area contributed by atoms with Gasteiger partial charge in [0.2, 0.25) is 11.8 Å². The van der Waals surface area contributed by atoms with Gasteiger partial charge in [0.25, 0.3) is 0 Å². The summed E-state index contributed by atoms with van der Waals surface area (Å²) in [6, 6.07) is 5.56. The predicted molar refractivity (Wildman–Crippen MR) is 96.7 cm³/mol. The maximum Gasteiger partial charge on any atom is 0.238 e. The Morgan fingerprint density at radius 1 is 1.32 bits per heavy atom. The van der Waals surface area contributed by atoms with Crippen molar-refractivity contribution in [1.29, 1.82) is 0 Å². The van der Waals surface area contributed by atoms with Gasteiger partial charge in [-0.2, -0.15) is 0 Å². The lowest BCUT2D eigenvalue weighted by Gasteiger charge is -2.32. The van der Waals surface area contributed by atoms with E-state index in [2.05, 4.69) is 17.6 Å². The van der Waals surface area contributed by atoms with E-state index < -0.39 is 11.9 Å². The van der Waals surface area contributed by atoms with E-state index in [-0.39, 0.29) is 24.4 Å². The van der Waals surface area contributed by atoms with Crippen LogP contribution in [0.3, 0.4) is 0 Å². The molecule has 138 valence electrons. The van der Waals surface area contributed by atoms with E-state index in [9.17, 15) is 14.0 Å². The maximum absolute atomic E-state index is 13.2. The van der Waals surface area contributed by atoms with E-state index in [0.29, 0.717) is 11.6 Å². The summed E-state index contributed by atoms with van der Waals surface area (Å²) in [4.78, 5) is 26.2. The number of carbonyl (C=O) groups excluding carboxylic acids is 2. The molecule has 1 fully saturated rings. The first-order valence-corrected chi connectivity index (χ1v) is 8.93. The third-order valence-electron chi connectivity index (χ3n) is 4.98. The average Bonchev–Trinajstić information content (AvgIpc) is 2.56. The average molecular weight is 349 g/mol. The highest BCUT2D eigenvalue weighted by molar-refractivity contribution is 5.92. The second-order valence-corrected chi connectivity index (χ2v) is 7.03. The number of likely N-dealkylation sites (N-methyl/N-ethyl adjacent to an activating group) is 1. The molecule has 0 radical (unpaired) electrons. The second-order valence-electron chi connectivity index (χ2n) is 7.03. The van der Waals surface area contributed by atoms with Crippen LogP contribution in [0.1, 0.15) is 39.5 Å². The van der Waals surface area contributed by atoms with Crippen LogP contribution in [0.15, 0.2) is 24.3 Å². The van der Waals surface area contributed by atoms with E-state index in [1.54, 1.807) is 24.9 Å². The van der Waals surface area contributed by atoms with Crippen LogP contribution in [0.4, 0.5) is 10.1 Å². The van der Waals surface area contributed by atoms with E-state index in [4.69, 9.17) is 0 Å². The third kappa shape index (κ3) is 5.81. The monoisotopic (exact) mass is 349 g/mol. The molecule has 2 rings (SSSR count). The molecule has 0 heterocycles. The molecule has 0 saturated heterocycles. The Kier molecular flexibility index (Phi) is 6.93. The number of hydrogen-bond donors (Lipinski definition) is 2. The summed E-state index contributed by atoms with van der Waals surface area (Å²) in [5.41, 5.74) is 0.409. The van der Waals surface area contributed by atoms with Gasteiger partial charge >= 0.3 is 0 Å². The van der Waals surface area contributed by atoms with Gasteiger partial charge < -0.3 is 10.6 Å². The summed E-state index contributed by atoms with van der Waals surface area (Å²) in [6.07, 6.45) is 4.54. The fourth-order valence-electron chi connectivity index (χ4n) is 3.16. The molecule has 2 N–H and O–H groups in total. The minimum atomic E-state index is -0.410. The summed E-state index contributed by atoms with van der Waals surface area (Å²) in [5.74, 6) is -0.245. The highest BCUT2D eigenvalue weighted by Gasteiger charge is 2.26. The molecular formula is C19H28FN3O2. The molecular weight excluding hydrogens is 321 g/mol. The molecule has 0 unspecified atom stereocenters. The molecule has 2 amide bonds. The van der Waals surface area contributed by atoms with Crippen LogP contribution in [0.25, 0.3) is 0 Å². The zero-order valence-electron chi connectivity index (χ0n) is 15.2. The minimum Gasteiger partial charge on any atom is -0.352 e. The van der Waals surface area contributed by atoms with Crippen molar-refractivity contribution in [3.8, 4) is 0 Å². The Labute approximate surface area is 149 Å². The van der Waals surface area contributed by atoms with Crippen LogP contribution in [0.2, 0.25) is 0 Å². The number of nitrogens with zero attached hydrogens (tertiary/aromatic N) is 1. The van der Waals surface area contributed by atoms with Crippen LogP contribution in [-0.2, 0) is 9.59 Å². The largest absolute Gasteiger partial charge is 0.352 e. The van der Waals surface area contributed by atoms with Gasteiger partial charge in [-0.25, -0.2) is 4.39 Å². The number of amides is 2. The first-order valence-electron chi connectivity index (χ1n) is 8.93. The van der Waals surface area contributed by atoms with Crippen molar-refractivity contribution < 1.29 is 14.0 Å². The number of anilines is 1. The van der Waals surface area contributed by atoms with Crippen molar-refractivity contribution in [2.75, 3.05) is 18.9 Å². The smallest absolute Gasteiger partial charge is 0.238 e. The number of hydrogen-bond acceptors (Lipinski definition) is 3. The van der Waals surface area contributed by atoms with E-state index in [1.807, 2.05) is 0 Å². The first kappa shape index (κ1) is 19.4. The minimum absolute atomic E-state index is 0.0557. The predicted octanol–water partition coefficient (Wildman–Crippen LogP) is 2.78. The summed E-state index contributed by atoms with van der Waals surface area (Å²) in [6.45, 7) is 4.02. The number of rotatable bonds is 6. The van der Waals surface area contributed by atoms with Crippen LogP contribution in [0.5, 0.6) is 0 Å². The summed E-state index contributed by atoms with van der Waals surface area (Å²) >= 11 is 0. The van der Waals surface area contributed by atoms with Gasteiger partial charge in [-0.15, -0.1) is 0 Å². The molecule has 1 aromatic carbocycles. The van der Waals surface area contributed by atoms with Crippen molar-refractivity contribution in [3.63, 3.8) is 0 Å². The maximum atomic E-state index is 13.2. The normalized spacial score (nSPS) is 21.6. The Hall–Kier alpha value is -1.95. The first-order chi connectivity index (χ1) is 11.9. The summed E-state index contributed by atoms with van der Waals surface area (Å²) < 4.78 is 13.2. The Morgan fingerprint density at radius 3 is 2.72 bits per heavy atom. The highest BCUT2D eigenvalue weighted by Crippen LogP contribution is 2.23. The quantitative estimate of drug-likeness (QED) is 0.830. The van der Waals surface area contributed by atoms with E-state index in [1.165, 1.54) is 24.6 Å².